The summed E-state index contributed by atoms with van der Waals surface area (Å²) >= 11 is 13.0. The second-order valence-electron chi connectivity index (χ2n) is 10.9. The van der Waals surface area contributed by atoms with E-state index in [0.29, 0.717) is 5.56 Å². The summed E-state index contributed by atoms with van der Waals surface area (Å²) in [5.74, 6) is -1.69. The van der Waals surface area contributed by atoms with E-state index < -0.39 is 40.2 Å². The molecule has 0 aliphatic heterocycles. The molecule has 45 heavy (non-hydrogen) atoms. The van der Waals surface area contributed by atoms with Crippen molar-refractivity contribution in [3.8, 4) is 0 Å². The van der Waals surface area contributed by atoms with Crippen molar-refractivity contribution in [2.45, 2.75) is 50.7 Å². The highest BCUT2D eigenvalue weighted by Gasteiger charge is 2.35. The highest BCUT2D eigenvalue weighted by Crippen LogP contribution is 2.29. The van der Waals surface area contributed by atoms with Gasteiger partial charge in [0.05, 0.1) is 10.6 Å². The third-order valence-electron chi connectivity index (χ3n) is 7.09. The average Bonchev–Trinajstić information content (AvgIpc) is 2.99. The minimum atomic E-state index is -4.31. The maximum absolute atomic E-state index is 14.5. The molecule has 1 N–H and O–H groups in total. The molecule has 7 nitrogen and oxygen atoms in total. The van der Waals surface area contributed by atoms with Gasteiger partial charge in [-0.2, -0.15) is 0 Å². The summed E-state index contributed by atoms with van der Waals surface area (Å²) in [5, 5.41) is 3.46. The minimum absolute atomic E-state index is 0.0516. The highest BCUT2D eigenvalue weighted by molar-refractivity contribution is 7.92. The van der Waals surface area contributed by atoms with Crippen LogP contribution in [0, 0.1) is 12.7 Å². The molecule has 0 radical (unpaired) electrons. The van der Waals surface area contributed by atoms with Crippen LogP contribution in [-0.2, 0) is 32.6 Å². The van der Waals surface area contributed by atoms with E-state index in [1.165, 1.54) is 29.2 Å². The number of benzene rings is 4. The van der Waals surface area contributed by atoms with Crippen LogP contribution in [-0.4, -0.2) is 43.8 Å². The first-order chi connectivity index (χ1) is 21.4. The lowest BCUT2D eigenvalue weighted by atomic mass is 10.0. The Hall–Kier alpha value is -3.92. The lowest BCUT2D eigenvalue weighted by Gasteiger charge is -2.34. The van der Waals surface area contributed by atoms with Crippen molar-refractivity contribution >= 4 is 50.7 Å². The molecule has 1 atom stereocenters. The lowest BCUT2D eigenvalue weighted by Crippen LogP contribution is -2.54. The van der Waals surface area contributed by atoms with Crippen LogP contribution in [0.3, 0.4) is 0 Å². The molecule has 0 aliphatic rings. The zero-order valence-electron chi connectivity index (χ0n) is 25.1. The number of nitrogens with one attached hydrogen (secondary N) is 1. The van der Waals surface area contributed by atoms with Gasteiger partial charge in [-0.3, -0.25) is 13.9 Å². The lowest BCUT2D eigenvalue weighted by molar-refractivity contribution is -0.140. The summed E-state index contributed by atoms with van der Waals surface area (Å²) in [7, 11) is -4.31. The Kier molecular flexibility index (Phi) is 11.3. The van der Waals surface area contributed by atoms with E-state index in [9.17, 15) is 22.4 Å². The molecule has 4 aromatic carbocycles. The largest absolute Gasteiger partial charge is 0.352 e. The number of carbonyl (C=O) groups is 2. The monoisotopic (exact) mass is 669 g/mol. The normalized spacial score (nSPS) is 12.1. The molecule has 0 unspecified atom stereocenters. The van der Waals surface area contributed by atoms with E-state index >= 15 is 0 Å². The van der Waals surface area contributed by atoms with Crippen LogP contribution < -0.4 is 9.62 Å². The van der Waals surface area contributed by atoms with Crippen molar-refractivity contribution in [2.75, 3.05) is 10.8 Å². The zero-order chi connectivity index (χ0) is 32.7. The first kappa shape index (κ1) is 34.0. The summed E-state index contributed by atoms with van der Waals surface area (Å²) in [6, 6.07) is 23.8. The van der Waals surface area contributed by atoms with Crippen LogP contribution in [0.15, 0.2) is 102 Å². The SMILES string of the molecule is Cc1ccc(S(=O)(=O)N(CC(=O)N(Cc2c(Cl)cccc2Cl)[C@H](Cc2ccccc2)C(=O)NC(C)C)c2ccc(F)cc2)cc1. The molecule has 2 amide bonds. The van der Waals surface area contributed by atoms with Crippen molar-refractivity contribution in [1.82, 2.24) is 10.2 Å². The predicted octanol–water partition coefficient (Wildman–Crippen LogP) is 6.80. The molecule has 0 bridgehead atoms. The van der Waals surface area contributed by atoms with Gasteiger partial charge in [0.2, 0.25) is 11.8 Å². The number of rotatable bonds is 12. The molecular weight excluding hydrogens is 636 g/mol. The molecular formula is C34H34Cl2FN3O4S. The van der Waals surface area contributed by atoms with Gasteiger partial charge in [0, 0.05) is 34.6 Å². The van der Waals surface area contributed by atoms with Crippen LogP contribution in [0.5, 0.6) is 0 Å². The number of halogens is 3. The summed E-state index contributed by atoms with van der Waals surface area (Å²) in [6.07, 6.45) is 0.133. The summed E-state index contributed by atoms with van der Waals surface area (Å²) in [5.41, 5.74) is 2.11. The van der Waals surface area contributed by atoms with Crippen LogP contribution in [0.25, 0.3) is 0 Å². The Balaban J connectivity index is 1.83. The number of amides is 2. The van der Waals surface area contributed by atoms with Crippen LogP contribution in [0.4, 0.5) is 10.1 Å². The zero-order valence-corrected chi connectivity index (χ0v) is 27.4. The van der Waals surface area contributed by atoms with E-state index in [1.807, 2.05) is 37.3 Å². The first-order valence-electron chi connectivity index (χ1n) is 14.3. The van der Waals surface area contributed by atoms with E-state index in [2.05, 4.69) is 5.32 Å². The molecule has 11 heteroatoms. The Morgan fingerprint density at radius 1 is 0.844 bits per heavy atom. The van der Waals surface area contributed by atoms with Gasteiger partial charge in [-0.15, -0.1) is 0 Å². The molecule has 0 aromatic heterocycles. The molecule has 0 saturated carbocycles. The number of anilines is 1. The minimum Gasteiger partial charge on any atom is -0.352 e. The van der Waals surface area contributed by atoms with Crippen molar-refractivity contribution < 1.29 is 22.4 Å². The van der Waals surface area contributed by atoms with E-state index in [1.54, 1.807) is 44.2 Å². The summed E-state index contributed by atoms with van der Waals surface area (Å²) < 4.78 is 42.9. The van der Waals surface area contributed by atoms with Crippen LogP contribution >= 0.6 is 23.2 Å². The standard InChI is InChI=1S/C34H34Cl2FN3O4S/c1-23(2)38-34(42)32(20-25-8-5-4-6-9-25)39(21-29-30(35)10-7-11-31(29)36)33(41)22-40(27-16-14-26(37)15-17-27)45(43,44)28-18-12-24(3)13-19-28/h4-19,23,32H,20-22H2,1-3H3,(H,38,42)/t32-/m1/s1. The maximum Gasteiger partial charge on any atom is 0.264 e. The molecule has 0 fully saturated rings. The van der Waals surface area contributed by atoms with E-state index in [4.69, 9.17) is 23.2 Å². The molecule has 0 aliphatic carbocycles. The van der Waals surface area contributed by atoms with Gasteiger partial charge in [-0.1, -0.05) is 77.3 Å². The van der Waals surface area contributed by atoms with E-state index in [-0.39, 0.29) is 39.6 Å². The number of carbonyl (C=O) groups excluding carboxylic acids is 2. The van der Waals surface area contributed by atoms with E-state index in [0.717, 1.165) is 27.6 Å². The average molecular weight is 671 g/mol. The van der Waals surface area contributed by atoms with Gasteiger partial charge in [0.15, 0.2) is 0 Å². The molecule has 236 valence electrons. The first-order valence-corrected chi connectivity index (χ1v) is 16.5. The van der Waals surface area contributed by atoms with Gasteiger partial charge < -0.3 is 10.2 Å². The Bertz CT molecular complexity index is 1720. The predicted molar refractivity (Wildman–Crippen MR) is 176 cm³/mol. The summed E-state index contributed by atoms with van der Waals surface area (Å²) in [4.78, 5) is 29.5. The number of hydrogen-bond acceptors (Lipinski definition) is 4. The molecule has 4 aromatic rings. The van der Waals surface area contributed by atoms with Gasteiger partial charge in [-0.25, -0.2) is 12.8 Å². The number of aryl methyl sites for hydroxylation is 1. The third kappa shape index (κ3) is 8.63. The van der Waals surface area contributed by atoms with Gasteiger partial charge in [0.1, 0.15) is 18.4 Å². The molecule has 0 heterocycles. The highest BCUT2D eigenvalue weighted by atomic mass is 35.5. The quantitative estimate of drug-likeness (QED) is 0.180. The van der Waals surface area contributed by atoms with Crippen LogP contribution in [0.2, 0.25) is 10.0 Å². The van der Waals surface area contributed by atoms with Gasteiger partial charge in [-0.05, 0) is 74.9 Å². The van der Waals surface area contributed by atoms with Gasteiger partial charge in [0.25, 0.3) is 10.0 Å². The fourth-order valence-corrected chi connectivity index (χ4v) is 6.69. The van der Waals surface area contributed by atoms with Crippen molar-refractivity contribution in [1.29, 1.82) is 0 Å². The van der Waals surface area contributed by atoms with Crippen LogP contribution in [0.1, 0.15) is 30.5 Å². The number of sulfonamides is 1. The number of nitrogens with zero attached hydrogens (tertiary/aromatic N) is 2. The second-order valence-corrected chi connectivity index (χ2v) is 13.6. The molecule has 0 saturated heterocycles. The molecule has 0 spiro atoms. The second kappa shape index (κ2) is 14.9. The van der Waals surface area contributed by atoms with Gasteiger partial charge >= 0.3 is 0 Å². The molecule has 4 rings (SSSR count). The third-order valence-corrected chi connectivity index (χ3v) is 9.59. The fourth-order valence-electron chi connectivity index (χ4n) is 4.76. The Morgan fingerprint density at radius 3 is 2.02 bits per heavy atom. The smallest absolute Gasteiger partial charge is 0.264 e. The Morgan fingerprint density at radius 2 is 1.44 bits per heavy atom. The topological polar surface area (TPSA) is 86.8 Å². The fraction of sp³-hybridized carbons (Fsp3) is 0.235. The van der Waals surface area contributed by atoms with Crippen molar-refractivity contribution in [3.05, 3.63) is 130 Å². The number of hydrogen-bond donors (Lipinski definition) is 1. The summed E-state index contributed by atoms with van der Waals surface area (Å²) in [6.45, 7) is 4.56. The maximum atomic E-state index is 14.5. The Labute approximate surface area is 273 Å². The van der Waals surface area contributed by atoms with Crippen molar-refractivity contribution in [3.63, 3.8) is 0 Å². The van der Waals surface area contributed by atoms with Crippen molar-refractivity contribution in [2.24, 2.45) is 0 Å².